The van der Waals surface area contributed by atoms with Gasteiger partial charge >= 0.3 is 82.8 Å². The van der Waals surface area contributed by atoms with Crippen LogP contribution >= 0.6 is 22.6 Å². The van der Waals surface area contributed by atoms with E-state index in [1.165, 1.54) is 6.42 Å². The molecular formula is C6H14I2N-. The molecule has 2 atom stereocenters. The van der Waals surface area contributed by atoms with E-state index in [2.05, 4.69) is 47.0 Å². The third-order valence-corrected chi connectivity index (χ3v) is 3.65. The van der Waals surface area contributed by atoms with Crippen molar-refractivity contribution < 1.29 is 21.5 Å². The van der Waals surface area contributed by atoms with Crippen molar-refractivity contribution in [3.8, 4) is 0 Å². The molecule has 0 amide bonds. The van der Waals surface area contributed by atoms with Crippen LogP contribution in [-0.4, -0.2) is 14.9 Å². The molecule has 0 rings (SSSR count). The van der Waals surface area contributed by atoms with Gasteiger partial charge in [0, 0.05) is 0 Å². The Labute approximate surface area is 82.1 Å². The van der Waals surface area contributed by atoms with Crippen LogP contribution in [0.1, 0.15) is 20.3 Å². The van der Waals surface area contributed by atoms with Gasteiger partial charge in [-0.15, -0.1) is 0 Å². The first-order valence-electron chi connectivity index (χ1n) is 3.10. The summed E-state index contributed by atoms with van der Waals surface area (Å²) in [5, 5.41) is 0. The van der Waals surface area contributed by atoms with Crippen molar-refractivity contribution in [3.63, 3.8) is 0 Å². The van der Waals surface area contributed by atoms with E-state index in [1.807, 2.05) is 0 Å². The first-order chi connectivity index (χ1) is 4.16. The molecule has 0 aliphatic heterocycles. The van der Waals surface area contributed by atoms with Crippen molar-refractivity contribution in [1.29, 1.82) is 0 Å². The molecule has 3 heteroatoms. The molecule has 0 aliphatic carbocycles. The van der Waals surface area contributed by atoms with Crippen LogP contribution in [0.5, 0.6) is 0 Å². The van der Waals surface area contributed by atoms with Crippen LogP contribution < -0.4 is 25.0 Å². The Morgan fingerprint density at radius 3 is 2.44 bits per heavy atom. The average molecular weight is 354 g/mol. The van der Waals surface area contributed by atoms with Crippen molar-refractivity contribution in [3.05, 3.63) is 0 Å². The van der Waals surface area contributed by atoms with Gasteiger partial charge in [0.2, 0.25) is 0 Å². The van der Waals surface area contributed by atoms with Gasteiger partial charge in [0.15, 0.2) is 0 Å². The fourth-order valence-electron chi connectivity index (χ4n) is 0.678. The first-order valence-corrected chi connectivity index (χ1v) is 6.67. The summed E-state index contributed by atoms with van der Waals surface area (Å²) in [7, 11) is 2.06. The molecule has 0 fully saturated rings. The van der Waals surface area contributed by atoms with Crippen molar-refractivity contribution in [1.82, 2.24) is 3.53 Å². The van der Waals surface area contributed by atoms with E-state index in [0.717, 1.165) is 7.85 Å². The summed E-state index contributed by atoms with van der Waals surface area (Å²) in [5.41, 5.74) is 0. The average Bonchev–Trinajstić information content (AvgIpc) is 1.63. The van der Waals surface area contributed by atoms with E-state index in [1.54, 1.807) is 0 Å². The molecule has 1 nitrogen and oxygen atoms in total. The zero-order valence-electron chi connectivity index (χ0n) is 6.12. The predicted molar refractivity (Wildman–Crippen MR) is 46.6 cm³/mol. The van der Waals surface area contributed by atoms with Gasteiger partial charge < -0.3 is 0 Å². The van der Waals surface area contributed by atoms with E-state index >= 15 is 0 Å². The van der Waals surface area contributed by atoms with Crippen LogP contribution in [0.2, 0.25) is 0 Å². The molecule has 0 saturated carbocycles. The number of nitrogens with one attached hydrogen (secondary N) is 1. The topological polar surface area (TPSA) is 12.0 Å². The van der Waals surface area contributed by atoms with Crippen LogP contribution in [-0.2, 0) is 0 Å². The van der Waals surface area contributed by atoms with Gasteiger partial charge in [0.1, 0.15) is 0 Å². The molecular weight excluding hydrogens is 340 g/mol. The maximum absolute atomic E-state index is 3.28. The van der Waals surface area contributed by atoms with Crippen molar-refractivity contribution >= 4 is 22.6 Å². The third-order valence-electron chi connectivity index (χ3n) is 0.945. The molecule has 0 spiro atoms. The molecule has 0 radical (unpaired) electrons. The molecule has 58 valence electrons. The maximum atomic E-state index is 3.28. The Bertz CT molecular complexity index is 66.1. The standard InChI is InChI=1S/C6H14I2N/c1-5(7)4-6(2)8-9-3/h5-6,9H,4H2,1-3H3/q-1/t5-,6+/m1/s1. The van der Waals surface area contributed by atoms with Crippen LogP contribution in [0.3, 0.4) is 0 Å². The van der Waals surface area contributed by atoms with Crippen LogP contribution in [0.15, 0.2) is 0 Å². The number of hydrogen-bond acceptors (Lipinski definition) is 1. The zero-order valence-corrected chi connectivity index (χ0v) is 10.4. The molecule has 0 heterocycles. The Kier molecular flexibility index (Phi) is 7.12. The molecule has 1 N–H and O–H groups in total. The van der Waals surface area contributed by atoms with E-state index in [4.69, 9.17) is 0 Å². The first kappa shape index (κ1) is 10.4. The predicted octanol–water partition coefficient (Wildman–Crippen LogP) is -1.19. The fraction of sp³-hybridized carbons (Fsp3) is 1.00. The number of rotatable bonds is 4. The molecule has 0 aliphatic rings. The fourth-order valence-corrected chi connectivity index (χ4v) is 4.49. The quantitative estimate of drug-likeness (QED) is 0.381. The monoisotopic (exact) mass is 354 g/mol. The number of hydrogen-bond donors (Lipinski definition) is 1. The van der Waals surface area contributed by atoms with Gasteiger partial charge in [0.25, 0.3) is 0 Å². The minimum absolute atomic E-state index is 0.277. The molecule has 9 heavy (non-hydrogen) atoms. The van der Waals surface area contributed by atoms with Crippen LogP contribution in [0.25, 0.3) is 0 Å². The molecule has 0 unspecified atom stereocenters. The summed E-state index contributed by atoms with van der Waals surface area (Å²) in [6.07, 6.45) is 1.37. The van der Waals surface area contributed by atoms with Gasteiger partial charge in [-0.1, -0.05) is 0 Å². The normalized spacial score (nSPS) is 17.8. The van der Waals surface area contributed by atoms with Gasteiger partial charge in [0.05, 0.1) is 0 Å². The summed E-state index contributed by atoms with van der Waals surface area (Å²) in [4.78, 5) is 0. The van der Waals surface area contributed by atoms with E-state index in [-0.39, 0.29) is 21.5 Å². The minimum atomic E-state index is 0.277. The molecule has 0 aromatic carbocycles. The van der Waals surface area contributed by atoms with E-state index in [0.29, 0.717) is 0 Å². The SMILES string of the molecule is CN[I-][C@@H](C)C[C@@H](C)I. The van der Waals surface area contributed by atoms with E-state index in [9.17, 15) is 0 Å². The van der Waals surface area contributed by atoms with Crippen LogP contribution in [0.4, 0.5) is 0 Å². The summed E-state index contributed by atoms with van der Waals surface area (Å²) in [5.74, 6) is 0. The summed E-state index contributed by atoms with van der Waals surface area (Å²) in [6, 6.07) is 0. The van der Waals surface area contributed by atoms with Gasteiger partial charge in [-0.05, 0) is 0 Å². The molecule has 0 aromatic rings. The number of alkyl halides is 2. The zero-order chi connectivity index (χ0) is 7.28. The second-order valence-corrected chi connectivity index (χ2v) is 8.05. The second-order valence-electron chi connectivity index (χ2n) is 2.10. The van der Waals surface area contributed by atoms with Crippen molar-refractivity contribution in [2.75, 3.05) is 7.05 Å². The third kappa shape index (κ3) is 7.32. The van der Waals surface area contributed by atoms with Crippen LogP contribution in [0, 0.1) is 0 Å². The summed E-state index contributed by atoms with van der Waals surface area (Å²) in [6.45, 7) is 4.61. The molecule has 0 bridgehead atoms. The Hall–Kier alpha value is 1.42. The Morgan fingerprint density at radius 1 is 1.56 bits per heavy atom. The molecule has 0 aromatic heterocycles. The molecule has 0 saturated heterocycles. The van der Waals surface area contributed by atoms with Gasteiger partial charge in [-0.3, -0.25) is 0 Å². The Morgan fingerprint density at radius 2 is 2.11 bits per heavy atom. The van der Waals surface area contributed by atoms with E-state index < -0.39 is 0 Å². The van der Waals surface area contributed by atoms with Gasteiger partial charge in [-0.25, -0.2) is 0 Å². The van der Waals surface area contributed by atoms with Crippen molar-refractivity contribution in [2.45, 2.75) is 28.1 Å². The number of halogens is 2. The van der Waals surface area contributed by atoms with Crippen molar-refractivity contribution in [2.24, 2.45) is 0 Å². The summed E-state index contributed by atoms with van der Waals surface area (Å²) >= 11 is 2.76. The van der Waals surface area contributed by atoms with Gasteiger partial charge in [-0.2, -0.15) is 0 Å². The second kappa shape index (κ2) is 6.15. The summed E-state index contributed by atoms with van der Waals surface area (Å²) < 4.78 is 5.05. The Balaban J connectivity index is 3.15.